The second-order valence-corrected chi connectivity index (χ2v) is 5.32. The maximum atomic E-state index is 2.20. The van der Waals surface area contributed by atoms with Crippen molar-refractivity contribution in [3.05, 3.63) is 83.9 Å². The average molecular weight is 314 g/mol. The molecule has 4 aliphatic carbocycles. The van der Waals surface area contributed by atoms with E-state index in [-0.39, 0.29) is 17.1 Å². The SMILES string of the molecule is Cc1cc2cc[cH-]cc-2c1.Cc1cc2cc[cH-]cc-2c1.[Fe]. The number of benzene rings is 2. The van der Waals surface area contributed by atoms with Crippen LogP contribution in [0, 0.1) is 13.8 Å². The summed E-state index contributed by atoms with van der Waals surface area (Å²) in [5, 5.41) is 0. The third-order valence-electron chi connectivity index (χ3n) is 3.52. The molecule has 21 heavy (non-hydrogen) atoms. The predicted molar refractivity (Wildman–Crippen MR) is 86.8 cm³/mol. The first-order valence-corrected chi connectivity index (χ1v) is 6.96. The third-order valence-corrected chi connectivity index (χ3v) is 3.52. The molecule has 0 radical (unpaired) electrons. The summed E-state index contributed by atoms with van der Waals surface area (Å²) in [6, 6.07) is 25.7. The van der Waals surface area contributed by atoms with Crippen molar-refractivity contribution in [1.82, 2.24) is 0 Å². The number of hydrogen-bond acceptors (Lipinski definition) is 0. The summed E-state index contributed by atoms with van der Waals surface area (Å²) < 4.78 is 0. The minimum absolute atomic E-state index is 0. The monoisotopic (exact) mass is 314 g/mol. The Kier molecular flexibility index (Phi) is 5.01. The van der Waals surface area contributed by atoms with Gasteiger partial charge in [0, 0.05) is 17.1 Å². The molecule has 0 aromatic rings. The summed E-state index contributed by atoms with van der Waals surface area (Å²) in [6.45, 7) is 4.25. The zero-order chi connectivity index (χ0) is 13.9. The van der Waals surface area contributed by atoms with Crippen LogP contribution in [-0.2, 0) is 17.1 Å². The van der Waals surface area contributed by atoms with Gasteiger partial charge in [-0.05, 0) is 13.8 Å². The van der Waals surface area contributed by atoms with Crippen molar-refractivity contribution in [3.8, 4) is 22.3 Å². The molecule has 0 aromatic heterocycles. The number of hydrogen-bond donors (Lipinski definition) is 0. The molecule has 0 saturated carbocycles. The van der Waals surface area contributed by atoms with Crippen LogP contribution in [-0.4, -0.2) is 0 Å². The Morgan fingerprint density at radius 2 is 1.00 bits per heavy atom. The van der Waals surface area contributed by atoms with Gasteiger partial charge < -0.3 is 0 Å². The van der Waals surface area contributed by atoms with E-state index in [0.717, 1.165) is 0 Å². The molecule has 108 valence electrons. The number of aryl methyl sites for hydroxylation is 2. The molecule has 0 unspecified atom stereocenters. The van der Waals surface area contributed by atoms with Crippen molar-refractivity contribution in [3.63, 3.8) is 0 Å². The van der Waals surface area contributed by atoms with Gasteiger partial charge in [0.2, 0.25) is 0 Å². The fourth-order valence-corrected chi connectivity index (χ4v) is 2.61. The number of fused-ring (bicyclic) bond motifs is 2. The van der Waals surface area contributed by atoms with Crippen molar-refractivity contribution < 1.29 is 17.1 Å². The summed E-state index contributed by atoms with van der Waals surface area (Å²) in [7, 11) is 0. The second kappa shape index (κ2) is 6.76. The van der Waals surface area contributed by atoms with Gasteiger partial charge in [-0.15, -0.1) is 34.4 Å². The van der Waals surface area contributed by atoms with Gasteiger partial charge in [0.05, 0.1) is 0 Å². The van der Waals surface area contributed by atoms with Crippen molar-refractivity contribution in [2.24, 2.45) is 0 Å². The van der Waals surface area contributed by atoms with Gasteiger partial charge in [0.15, 0.2) is 0 Å². The molecule has 4 rings (SSSR count). The zero-order valence-electron chi connectivity index (χ0n) is 12.3. The molecule has 0 nitrogen and oxygen atoms in total. The van der Waals surface area contributed by atoms with Crippen LogP contribution in [0.25, 0.3) is 22.3 Å². The van der Waals surface area contributed by atoms with Crippen LogP contribution < -0.4 is 0 Å². The average Bonchev–Trinajstić information content (AvgIpc) is 2.99. The van der Waals surface area contributed by atoms with Gasteiger partial charge in [-0.1, -0.05) is 23.3 Å². The van der Waals surface area contributed by atoms with E-state index in [1.54, 1.807) is 0 Å². The molecule has 4 aliphatic rings. The van der Waals surface area contributed by atoms with Crippen LogP contribution in [0.15, 0.2) is 72.8 Å². The zero-order valence-corrected chi connectivity index (χ0v) is 13.4. The molecule has 0 heterocycles. The molecule has 0 atom stereocenters. The molecular weight excluding hydrogens is 296 g/mol. The molecule has 0 spiro atoms. The van der Waals surface area contributed by atoms with E-state index >= 15 is 0 Å². The van der Waals surface area contributed by atoms with Gasteiger partial charge >= 0.3 is 0 Å². The Balaban J connectivity index is 0.000000147. The number of rotatable bonds is 0. The smallest absolute Gasteiger partial charge is 0 e. The Bertz CT molecular complexity index is 619. The molecule has 0 fully saturated rings. The minimum atomic E-state index is 0. The molecule has 0 bridgehead atoms. The molecule has 1 heteroatoms. The summed E-state index contributed by atoms with van der Waals surface area (Å²) in [4.78, 5) is 0. The largest absolute Gasteiger partial charge is 0.172 e. The van der Waals surface area contributed by atoms with E-state index in [0.29, 0.717) is 0 Å². The van der Waals surface area contributed by atoms with Crippen LogP contribution in [0.2, 0.25) is 0 Å². The second-order valence-electron chi connectivity index (χ2n) is 5.32. The first-order chi connectivity index (χ1) is 9.72. The van der Waals surface area contributed by atoms with Crippen LogP contribution in [0.3, 0.4) is 0 Å². The van der Waals surface area contributed by atoms with Gasteiger partial charge in [-0.3, -0.25) is 0 Å². The molecule has 0 saturated heterocycles. The van der Waals surface area contributed by atoms with Gasteiger partial charge in [0.25, 0.3) is 0 Å². The van der Waals surface area contributed by atoms with Crippen molar-refractivity contribution in [1.29, 1.82) is 0 Å². The Morgan fingerprint density at radius 1 is 0.619 bits per heavy atom. The van der Waals surface area contributed by atoms with E-state index in [4.69, 9.17) is 0 Å². The predicted octanol–water partition coefficient (Wildman–Crippen LogP) is 5.63. The Hall–Kier alpha value is -1.82. The Labute approximate surface area is 137 Å². The van der Waals surface area contributed by atoms with Gasteiger partial charge in [-0.2, -0.15) is 48.5 Å². The van der Waals surface area contributed by atoms with Crippen LogP contribution in [0.4, 0.5) is 0 Å². The Morgan fingerprint density at radius 3 is 1.38 bits per heavy atom. The summed E-state index contributed by atoms with van der Waals surface area (Å²) in [6.07, 6.45) is 0. The van der Waals surface area contributed by atoms with Crippen LogP contribution in [0.1, 0.15) is 11.1 Å². The van der Waals surface area contributed by atoms with E-state index in [1.807, 2.05) is 0 Å². The molecular formula is C20H18Fe-2. The first-order valence-electron chi connectivity index (χ1n) is 6.96. The first kappa shape index (κ1) is 15.6. The molecule has 0 amide bonds. The quantitative estimate of drug-likeness (QED) is 0.291. The normalized spacial score (nSPS) is 10.0. The molecule has 0 N–H and O–H groups in total. The standard InChI is InChI=1S/2C10H9.Fe/c2*1-8-6-9-4-2-3-5-10(9)7-8;/h2*2-7H,1H3;/q2*-1;. The minimum Gasteiger partial charge on any atom is -0.172 e. The maximum absolute atomic E-state index is 2.20. The van der Waals surface area contributed by atoms with Crippen LogP contribution in [0.5, 0.6) is 0 Å². The molecule has 0 aliphatic heterocycles. The fraction of sp³-hybridized carbons (Fsp3) is 0.100. The van der Waals surface area contributed by atoms with E-state index in [9.17, 15) is 0 Å². The van der Waals surface area contributed by atoms with Crippen molar-refractivity contribution in [2.45, 2.75) is 13.8 Å². The van der Waals surface area contributed by atoms with Gasteiger partial charge in [-0.25, -0.2) is 0 Å². The van der Waals surface area contributed by atoms with E-state index in [2.05, 4.69) is 86.6 Å². The summed E-state index contributed by atoms with van der Waals surface area (Å²) >= 11 is 0. The van der Waals surface area contributed by atoms with Crippen LogP contribution >= 0.6 is 0 Å². The van der Waals surface area contributed by atoms with Gasteiger partial charge in [0.1, 0.15) is 0 Å². The third kappa shape index (κ3) is 3.64. The topological polar surface area (TPSA) is 0 Å². The van der Waals surface area contributed by atoms with E-state index < -0.39 is 0 Å². The maximum Gasteiger partial charge on any atom is 0 e. The summed E-state index contributed by atoms with van der Waals surface area (Å²) in [5.41, 5.74) is 8.09. The van der Waals surface area contributed by atoms with Crippen molar-refractivity contribution in [2.75, 3.05) is 0 Å². The molecule has 0 aromatic carbocycles. The summed E-state index contributed by atoms with van der Waals surface area (Å²) in [5.74, 6) is 0. The van der Waals surface area contributed by atoms with E-state index in [1.165, 1.54) is 33.4 Å². The van der Waals surface area contributed by atoms with Crippen molar-refractivity contribution >= 4 is 0 Å². The fourth-order valence-electron chi connectivity index (χ4n) is 2.61.